The Morgan fingerprint density at radius 2 is 1.81 bits per heavy atom. The molecule has 0 saturated carbocycles. The van der Waals surface area contributed by atoms with E-state index in [-0.39, 0.29) is 0 Å². The number of benzene rings is 1. The van der Waals surface area contributed by atoms with Gasteiger partial charge in [0.2, 0.25) is 0 Å². The van der Waals surface area contributed by atoms with E-state index in [1.165, 1.54) is 23.1 Å². The third-order valence-corrected chi connectivity index (χ3v) is 7.03. The second-order valence-electron chi connectivity index (χ2n) is 5.75. The molecule has 0 aliphatic heterocycles. The Morgan fingerprint density at radius 3 is 2.46 bits per heavy atom. The van der Waals surface area contributed by atoms with Crippen molar-refractivity contribution >= 4 is 38.6 Å². The summed E-state index contributed by atoms with van der Waals surface area (Å²) in [6.07, 6.45) is 3.26. The molecule has 3 aromatic rings. The van der Waals surface area contributed by atoms with Gasteiger partial charge in [0.15, 0.2) is 0 Å². The molecule has 0 atom stereocenters. The smallest absolute Gasteiger partial charge is 0.271 e. The van der Waals surface area contributed by atoms with E-state index in [2.05, 4.69) is 28.0 Å². The summed E-state index contributed by atoms with van der Waals surface area (Å²) in [5.74, 6) is 0.665. The van der Waals surface area contributed by atoms with Crippen molar-refractivity contribution in [3.8, 4) is 0 Å². The van der Waals surface area contributed by atoms with E-state index >= 15 is 0 Å². The molecule has 5 nitrogen and oxygen atoms in total. The van der Waals surface area contributed by atoms with Gasteiger partial charge < -0.3 is 5.32 Å². The van der Waals surface area contributed by atoms with Crippen molar-refractivity contribution in [2.24, 2.45) is 0 Å². The maximum Gasteiger partial charge on any atom is 0.271 e. The largest absolute Gasteiger partial charge is 0.340 e. The molecule has 0 unspecified atom stereocenters. The Bertz CT molecular complexity index is 980. The Kier molecular flexibility index (Phi) is 5.58. The third kappa shape index (κ3) is 4.23. The van der Waals surface area contributed by atoms with Crippen LogP contribution in [0, 0.1) is 0 Å². The predicted molar refractivity (Wildman–Crippen MR) is 108 cm³/mol. The number of sulfonamides is 1. The highest BCUT2D eigenvalue weighted by atomic mass is 32.2. The van der Waals surface area contributed by atoms with Gasteiger partial charge in [-0.2, -0.15) is 0 Å². The number of aromatic nitrogens is 1. The monoisotopic (exact) mass is 387 g/mol. The van der Waals surface area contributed by atoms with Crippen LogP contribution in [0.2, 0.25) is 0 Å². The molecule has 3 rings (SSSR count). The Hall–Kier alpha value is -2.38. The van der Waals surface area contributed by atoms with Crippen LogP contribution in [-0.4, -0.2) is 13.4 Å². The molecule has 1 aromatic carbocycles. The molecule has 0 aliphatic rings. The van der Waals surface area contributed by atoms with Crippen molar-refractivity contribution in [2.75, 3.05) is 10.0 Å². The number of pyridine rings is 1. The lowest BCUT2D eigenvalue weighted by Crippen LogP contribution is -2.11. The van der Waals surface area contributed by atoms with Gasteiger partial charge in [0.25, 0.3) is 10.0 Å². The van der Waals surface area contributed by atoms with Gasteiger partial charge in [0.1, 0.15) is 10.0 Å². The number of thiophene rings is 1. The summed E-state index contributed by atoms with van der Waals surface area (Å²) in [6, 6.07) is 15.0. The van der Waals surface area contributed by atoms with Crippen LogP contribution in [0.15, 0.2) is 58.9 Å². The minimum absolute atomic E-state index is 0.313. The van der Waals surface area contributed by atoms with Gasteiger partial charge in [-0.25, -0.2) is 13.4 Å². The summed E-state index contributed by atoms with van der Waals surface area (Å²) in [5, 5.41) is 3.27. The highest BCUT2D eigenvalue weighted by molar-refractivity contribution is 7.94. The van der Waals surface area contributed by atoms with Gasteiger partial charge in [-0.15, -0.1) is 11.3 Å². The predicted octanol–water partition coefficient (Wildman–Crippen LogP) is 4.81. The van der Waals surface area contributed by atoms with E-state index in [0.29, 0.717) is 15.7 Å². The molecule has 0 bridgehead atoms. The highest BCUT2D eigenvalue weighted by Crippen LogP contribution is 2.25. The Morgan fingerprint density at radius 1 is 1.00 bits per heavy atom. The molecule has 0 amide bonds. The van der Waals surface area contributed by atoms with Crippen LogP contribution in [0.1, 0.15) is 24.3 Å². The van der Waals surface area contributed by atoms with Crippen LogP contribution in [0.3, 0.4) is 0 Å². The lowest BCUT2D eigenvalue weighted by molar-refractivity contribution is 0.603. The molecular formula is C19H21N3O2S2. The van der Waals surface area contributed by atoms with Crippen LogP contribution >= 0.6 is 11.3 Å². The van der Waals surface area contributed by atoms with Gasteiger partial charge in [-0.1, -0.05) is 32.0 Å². The molecule has 2 N–H and O–H groups in total. The Labute approximate surface area is 158 Å². The van der Waals surface area contributed by atoms with Crippen LogP contribution in [-0.2, 0) is 22.9 Å². The number of nitrogens with one attached hydrogen (secondary N) is 2. The van der Waals surface area contributed by atoms with Crippen molar-refractivity contribution in [1.82, 2.24) is 4.98 Å². The van der Waals surface area contributed by atoms with Crippen LogP contribution in [0.5, 0.6) is 0 Å². The van der Waals surface area contributed by atoms with Gasteiger partial charge in [-0.3, -0.25) is 4.72 Å². The quantitative estimate of drug-likeness (QED) is 0.610. The van der Waals surface area contributed by atoms with E-state index in [1.54, 1.807) is 18.2 Å². The van der Waals surface area contributed by atoms with Gasteiger partial charge >= 0.3 is 0 Å². The number of rotatable bonds is 7. The van der Waals surface area contributed by atoms with E-state index < -0.39 is 10.0 Å². The van der Waals surface area contributed by atoms with Crippen molar-refractivity contribution in [3.05, 3.63) is 65.2 Å². The fourth-order valence-electron chi connectivity index (χ4n) is 2.51. The van der Waals surface area contributed by atoms with Gasteiger partial charge in [0, 0.05) is 10.6 Å². The summed E-state index contributed by atoms with van der Waals surface area (Å²) in [4.78, 5) is 5.35. The average molecular weight is 388 g/mol. The fraction of sp³-hybridized carbons (Fsp3) is 0.211. The lowest BCUT2D eigenvalue weighted by atomic mass is 10.1. The molecule has 136 valence electrons. The van der Waals surface area contributed by atoms with Crippen LogP contribution in [0.25, 0.3) is 0 Å². The molecule has 0 saturated heterocycles. The molecule has 2 aromatic heterocycles. The molecule has 0 aliphatic carbocycles. The maximum atomic E-state index is 12.4. The standard InChI is InChI=1S/C19H21N3O2S2/c1-3-14-7-5-6-8-17(14)21-18-11-9-15(13-20-18)22-26(23,24)19-12-10-16(4-2)25-19/h5-13,22H,3-4H2,1-2H3,(H,20,21). The molecule has 0 fully saturated rings. The topological polar surface area (TPSA) is 71.1 Å². The molecule has 0 spiro atoms. The fourth-order valence-corrected chi connectivity index (χ4v) is 4.85. The minimum atomic E-state index is -3.58. The maximum absolute atomic E-state index is 12.4. The van der Waals surface area contributed by atoms with E-state index in [1.807, 2.05) is 31.2 Å². The lowest BCUT2D eigenvalue weighted by Gasteiger charge is -2.11. The van der Waals surface area contributed by atoms with E-state index in [4.69, 9.17) is 0 Å². The van der Waals surface area contributed by atoms with Crippen LogP contribution < -0.4 is 10.0 Å². The number of hydrogen-bond acceptors (Lipinski definition) is 5. The first-order valence-corrected chi connectivity index (χ1v) is 10.7. The van der Waals surface area contributed by atoms with Crippen LogP contribution in [0.4, 0.5) is 17.2 Å². The van der Waals surface area contributed by atoms with Gasteiger partial charge in [-0.05, 0) is 48.7 Å². The van der Waals surface area contributed by atoms with E-state index in [0.717, 1.165) is 23.4 Å². The highest BCUT2D eigenvalue weighted by Gasteiger charge is 2.17. The molecule has 2 heterocycles. The van der Waals surface area contributed by atoms with Crippen molar-refractivity contribution < 1.29 is 8.42 Å². The number of nitrogens with zero attached hydrogens (tertiary/aromatic N) is 1. The van der Waals surface area contributed by atoms with Crippen molar-refractivity contribution in [1.29, 1.82) is 0 Å². The second kappa shape index (κ2) is 7.88. The van der Waals surface area contributed by atoms with Gasteiger partial charge in [0.05, 0.1) is 11.9 Å². The normalized spacial score (nSPS) is 11.3. The average Bonchev–Trinajstić information content (AvgIpc) is 3.14. The number of aryl methyl sites for hydroxylation is 2. The van der Waals surface area contributed by atoms with Crippen molar-refractivity contribution in [3.63, 3.8) is 0 Å². The first-order chi connectivity index (χ1) is 12.5. The number of para-hydroxylation sites is 1. The molecule has 26 heavy (non-hydrogen) atoms. The zero-order valence-corrected chi connectivity index (χ0v) is 16.3. The summed E-state index contributed by atoms with van der Waals surface area (Å²) in [7, 11) is -3.58. The zero-order chi connectivity index (χ0) is 18.6. The van der Waals surface area contributed by atoms with Crippen molar-refractivity contribution in [2.45, 2.75) is 30.9 Å². The molecular weight excluding hydrogens is 366 g/mol. The number of hydrogen-bond donors (Lipinski definition) is 2. The minimum Gasteiger partial charge on any atom is -0.340 e. The summed E-state index contributed by atoms with van der Waals surface area (Å²) >= 11 is 1.28. The van der Waals surface area contributed by atoms with E-state index in [9.17, 15) is 8.42 Å². The summed E-state index contributed by atoms with van der Waals surface area (Å²) in [5.41, 5.74) is 2.63. The summed E-state index contributed by atoms with van der Waals surface area (Å²) in [6.45, 7) is 4.10. The second-order valence-corrected chi connectivity index (χ2v) is 8.83. The first-order valence-electron chi connectivity index (χ1n) is 8.44. The molecule has 0 radical (unpaired) electrons. The third-order valence-electron chi connectivity index (χ3n) is 3.93. The Balaban J connectivity index is 1.73. The summed E-state index contributed by atoms with van der Waals surface area (Å²) < 4.78 is 27.8. The number of anilines is 3. The SMILES string of the molecule is CCc1ccc(S(=O)(=O)Nc2ccc(Nc3ccccc3CC)nc2)s1. The zero-order valence-electron chi connectivity index (χ0n) is 14.7. The molecule has 7 heteroatoms. The first kappa shape index (κ1) is 18.4.